The molecule has 2 saturated carbocycles. The van der Waals surface area contributed by atoms with E-state index in [0.29, 0.717) is 57.3 Å². The third-order valence-electron chi connectivity index (χ3n) is 15.3. The largest absolute Gasteiger partial charge is 0.489 e. The summed E-state index contributed by atoms with van der Waals surface area (Å²) in [5.41, 5.74) is 11.6. The fourth-order valence-electron chi connectivity index (χ4n) is 10.7. The van der Waals surface area contributed by atoms with Crippen LogP contribution in [0.3, 0.4) is 0 Å². The van der Waals surface area contributed by atoms with E-state index in [1.54, 1.807) is 48.5 Å². The number of aromatic nitrogens is 8. The zero-order valence-corrected chi connectivity index (χ0v) is 51.5. The highest BCUT2D eigenvalue weighted by Gasteiger charge is 2.28. The summed E-state index contributed by atoms with van der Waals surface area (Å²) in [7, 11) is -1.54. The average Bonchev–Trinajstić information content (AvgIpc) is 1.23. The molecular formula is C68H70BBrF2N14O4. The predicted octanol–water partition coefficient (Wildman–Crippen LogP) is 13.8. The number of H-pyrrole nitrogens is 2. The number of urea groups is 2. The molecule has 2 aromatic heterocycles. The second kappa shape index (κ2) is 31.0. The van der Waals surface area contributed by atoms with E-state index in [1.165, 1.54) is 23.3 Å². The van der Waals surface area contributed by atoms with Crippen LogP contribution < -0.4 is 36.5 Å². The Morgan fingerprint density at radius 1 is 0.533 bits per heavy atom. The van der Waals surface area contributed by atoms with Gasteiger partial charge in [-0.2, -0.15) is 10.4 Å². The van der Waals surface area contributed by atoms with Crippen LogP contribution in [-0.4, -0.2) is 96.7 Å². The van der Waals surface area contributed by atoms with Crippen LogP contribution >= 0.6 is 15.9 Å². The number of rotatable bonds is 22. The highest BCUT2D eigenvalue weighted by molar-refractivity contribution is 9.10. The molecular weight excluding hydrogens is 1210 g/mol. The molecule has 90 heavy (non-hydrogen) atoms. The van der Waals surface area contributed by atoms with Crippen molar-refractivity contribution >= 4 is 74.7 Å². The average molecular weight is 1280 g/mol. The van der Waals surface area contributed by atoms with E-state index >= 15 is 0 Å². The molecule has 0 saturated heterocycles. The number of carbonyl (C=O) groups excluding carboxylic acids is 2. The number of carbonyl (C=O) groups is 2. The number of aromatic amines is 2. The molecule has 18 nitrogen and oxygen atoms in total. The molecule has 2 heterocycles. The first-order chi connectivity index (χ1) is 43.9. The zero-order chi connectivity index (χ0) is 62.8. The quantitative estimate of drug-likeness (QED) is 0.0296. The SMILES string of the molecule is CCCN(CCc1ccccc1)c1ccc(-c2ccccc2-c2nn[nH]n2)cc1NC(=O)Nc1ccc(C2CC2)c(F)c1.CCCN(CCc1ccccc1)c1ccc(Br)cc1NC(=O)Nc1ccc(C2CC2)c(F)c1.OB(O)c1ccccc1-c1nn[nH]n1. The van der Waals surface area contributed by atoms with Crippen molar-refractivity contribution in [1.29, 1.82) is 0 Å². The molecule has 2 aliphatic carbocycles. The van der Waals surface area contributed by atoms with Crippen molar-refractivity contribution in [3.05, 3.63) is 220 Å². The molecule has 460 valence electrons. The molecule has 0 radical (unpaired) electrons. The van der Waals surface area contributed by atoms with Crippen LogP contribution in [0.15, 0.2) is 186 Å². The lowest BCUT2D eigenvalue weighted by atomic mass is 9.77. The molecule has 0 aliphatic heterocycles. The third-order valence-corrected chi connectivity index (χ3v) is 15.8. The Balaban J connectivity index is 0.000000167. The number of hydrogen-bond donors (Lipinski definition) is 8. The minimum atomic E-state index is -1.54. The minimum absolute atomic E-state index is 0.256. The van der Waals surface area contributed by atoms with E-state index in [1.807, 2.05) is 78.9 Å². The van der Waals surface area contributed by atoms with Gasteiger partial charge in [0.15, 0.2) is 0 Å². The van der Waals surface area contributed by atoms with E-state index in [4.69, 9.17) is 10.0 Å². The van der Waals surface area contributed by atoms with Gasteiger partial charge in [-0.25, -0.2) is 18.4 Å². The minimum Gasteiger partial charge on any atom is -0.423 e. The normalized spacial score (nSPS) is 12.3. The fraction of sp³-hybridized carbons (Fsp3) is 0.235. The van der Waals surface area contributed by atoms with Crippen LogP contribution in [0.1, 0.15) is 86.5 Å². The van der Waals surface area contributed by atoms with Crippen molar-refractivity contribution in [3.63, 3.8) is 0 Å². The fourth-order valence-corrected chi connectivity index (χ4v) is 11.0. The van der Waals surface area contributed by atoms with Crippen molar-refractivity contribution < 1.29 is 28.4 Å². The zero-order valence-electron chi connectivity index (χ0n) is 50.0. The molecule has 2 aliphatic rings. The maximum absolute atomic E-state index is 14.7. The van der Waals surface area contributed by atoms with Gasteiger partial charge < -0.3 is 41.1 Å². The van der Waals surface area contributed by atoms with Gasteiger partial charge in [0.2, 0.25) is 11.6 Å². The van der Waals surface area contributed by atoms with Crippen LogP contribution in [0.25, 0.3) is 33.9 Å². The second-order valence-electron chi connectivity index (χ2n) is 22.0. The van der Waals surface area contributed by atoms with Gasteiger partial charge in [-0.1, -0.05) is 157 Å². The van der Waals surface area contributed by atoms with Crippen molar-refractivity contribution in [2.75, 3.05) is 57.2 Å². The first-order valence-electron chi connectivity index (χ1n) is 30.2. The summed E-state index contributed by atoms with van der Waals surface area (Å²) < 4.78 is 29.9. The van der Waals surface area contributed by atoms with Gasteiger partial charge >= 0.3 is 19.2 Å². The van der Waals surface area contributed by atoms with Gasteiger partial charge in [0.1, 0.15) is 11.6 Å². The third kappa shape index (κ3) is 17.4. The monoisotopic (exact) mass is 1270 g/mol. The Morgan fingerprint density at radius 3 is 1.46 bits per heavy atom. The molecule has 0 bridgehead atoms. The van der Waals surface area contributed by atoms with E-state index in [0.717, 1.165) is 121 Å². The number of amides is 4. The van der Waals surface area contributed by atoms with Crippen LogP contribution in [0, 0.1) is 11.6 Å². The van der Waals surface area contributed by atoms with E-state index in [2.05, 4.69) is 145 Å². The molecule has 8 aromatic carbocycles. The summed E-state index contributed by atoms with van der Waals surface area (Å²) in [4.78, 5) is 30.7. The topological polar surface area (TPSA) is 238 Å². The molecule has 8 N–H and O–H groups in total. The molecule has 4 amide bonds. The summed E-state index contributed by atoms with van der Waals surface area (Å²) in [6.07, 6.45) is 7.80. The van der Waals surface area contributed by atoms with E-state index in [9.17, 15) is 18.4 Å². The van der Waals surface area contributed by atoms with Gasteiger partial charge in [-0.05, 0) is 167 Å². The van der Waals surface area contributed by atoms with Crippen LogP contribution in [0.2, 0.25) is 0 Å². The number of anilines is 6. The standard InChI is InChI=1S/C34H34FN7O.C27H29BrFN3O.C7H7BN4O2/c1-2-19-42(20-18-23-8-4-3-5-9-23)32-17-14-25(27-10-6-7-11-29(27)33-38-40-41-39-33)21-31(32)37-34(43)36-26-15-16-28(24-12-13-24)30(35)22-26;1-2-15-32(16-14-19-6-4-3-5-7-19)26-13-10-21(28)17-25(26)31-27(33)30-22-11-12-23(20-8-9-20)24(29)18-22;13-8(14)6-4-2-1-3-5(6)7-9-11-12-10-7/h3-11,14-17,21-22,24H,2,12-13,18-20H2,1H3,(H2,36,37,43)(H,38,39,40,41);3-7,10-13,17-18,20H,2,8-9,14-16H2,1H3,(H2,30,31,33);1-4,13-14H,(H,9,10,11,12). The Bertz CT molecular complexity index is 3960. The van der Waals surface area contributed by atoms with E-state index in [-0.39, 0.29) is 11.6 Å². The summed E-state index contributed by atoms with van der Waals surface area (Å²) in [5, 5.41) is 57.6. The van der Waals surface area contributed by atoms with Crippen LogP contribution in [0.4, 0.5) is 52.5 Å². The van der Waals surface area contributed by atoms with Crippen molar-refractivity contribution in [2.24, 2.45) is 0 Å². The van der Waals surface area contributed by atoms with E-state index < -0.39 is 19.2 Å². The molecule has 2 fully saturated rings. The lowest BCUT2D eigenvalue weighted by molar-refractivity contribution is 0.261. The van der Waals surface area contributed by atoms with Crippen molar-refractivity contribution in [1.82, 2.24) is 41.2 Å². The molecule has 12 rings (SSSR count). The number of nitrogens with zero attached hydrogens (tertiary/aromatic N) is 8. The van der Waals surface area contributed by atoms with Crippen LogP contribution in [-0.2, 0) is 12.8 Å². The number of halogens is 3. The number of benzene rings is 8. The summed E-state index contributed by atoms with van der Waals surface area (Å²) in [5.74, 6) is 0.916. The first-order valence-corrected chi connectivity index (χ1v) is 31.0. The number of hydrogen-bond acceptors (Lipinski definition) is 12. The molecule has 10 aromatic rings. The van der Waals surface area contributed by atoms with Crippen molar-refractivity contribution in [3.8, 4) is 33.9 Å². The summed E-state index contributed by atoms with van der Waals surface area (Å²) in [6, 6.07) is 56.3. The highest BCUT2D eigenvalue weighted by Crippen LogP contribution is 2.43. The van der Waals surface area contributed by atoms with Crippen LogP contribution in [0.5, 0.6) is 0 Å². The molecule has 0 atom stereocenters. The van der Waals surface area contributed by atoms with Crippen molar-refractivity contribution in [2.45, 2.75) is 77.0 Å². The second-order valence-corrected chi connectivity index (χ2v) is 22.9. The molecule has 0 unspecified atom stereocenters. The summed E-state index contributed by atoms with van der Waals surface area (Å²) >= 11 is 3.51. The molecule has 0 spiro atoms. The maximum atomic E-state index is 14.7. The smallest absolute Gasteiger partial charge is 0.423 e. The Hall–Kier alpha value is -9.64. The Labute approximate surface area is 530 Å². The Kier molecular flexibility index (Phi) is 21.8. The van der Waals surface area contributed by atoms with Gasteiger partial charge in [0, 0.05) is 53.2 Å². The van der Waals surface area contributed by atoms with Gasteiger partial charge in [0.05, 0.1) is 22.7 Å². The van der Waals surface area contributed by atoms with Gasteiger partial charge in [0.25, 0.3) is 0 Å². The lowest BCUT2D eigenvalue weighted by Crippen LogP contribution is -2.31. The maximum Gasteiger partial charge on any atom is 0.489 e. The number of nitrogens with one attached hydrogen (secondary N) is 6. The highest BCUT2D eigenvalue weighted by atomic mass is 79.9. The van der Waals surface area contributed by atoms with Gasteiger partial charge in [-0.15, -0.1) is 20.4 Å². The summed E-state index contributed by atoms with van der Waals surface area (Å²) in [6.45, 7) is 7.59. The number of tetrazole rings is 2. The molecule has 22 heteroatoms. The Morgan fingerprint density at radius 2 is 0.989 bits per heavy atom. The predicted molar refractivity (Wildman–Crippen MR) is 356 cm³/mol. The first kappa shape index (κ1) is 63.4. The lowest BCUT2D eigenvalue weighted by Gasteiger charge is -2.28. The van der Waals surface area contributed by atoms with Gasteiger partial charge in [-0.3, -0.25) is 0 Å².